The topological polar surface area (TPSA) is 54.6 Å². The molecule has 1 N–H and O–H groups in total. The number of carbonyl (C=O) groups is 1. The monoisotopic (exact) mass is 450 g/mol. The minimum atomic E-state index is 0.0269. The molecule has 170 valence electrons. The predicted octanol–water partition coefficient (Wildman–Crippen LogP) is 5.03. The zero-order valence-electron chi connectivity index (χ0n) is 18.9. The summed E-state index contributed by atoms with van der Waals surface area (Å²) in [6.45, 7) is 4.85. The van der Waals surface area contributed by atoms with Crippen molar-refractivity contribution in [3.63, 3.8) is 0 Å². The molecule has 5 nitrogen and oxygen atoms in total. The molecule has 0 radical (unpaired) electrons. The number of para-hydroxylation sites is 1. The number of hydrogen-bond donors (Lipinski definition) is 1. The van der Waals surface area contributed by atoms with Crippen LogP contribution in [0.5, 0.6) is 5.75 Å². The van der Waals surface area contributed by atoms with Gasteiger partial charge in [-0.05, 0) is 41.5 Å². The number of fused-ring (bicyclic) bond motifs is 2. The smallest absolute Gasteiger partial charge is 0.196 e. The second-order valence-electron chi connectivity index (χ2n) is 8.73. The zero-order chi connectivity index (χ0) is 22.9. The van der Waals surface area contributed by atoms with Crippen molar-refractivity contribution < 1.29 is 14.3 Å². The fourth-order valence-corrected chi connectivity index (χ4v) is 4.89. The average Bonchev–Trinajstić information content (AvgIpc) is 3.44. The lowest BCUT2D eigenvalue weighted by atomic mass is 9.96. The van der Waals surface area contributed by atoms with Crippen LogP contribution in [0.15, 0.2) is 78.9 Å². The van der Waals surface area contributed by atoms with Gasteiger partial charge in [0, 0.05) is 41.7 Å². The summed E-state index contributed by atoms with van der Waals surface area (Å²) in [5.74, 6) is 0.754. The van der Waals surface area contributed by atoms with Crippen LogP contribution in [0.25, 0.3) is 22.0 Å². The Morgan fingerprint density at radius 2 is 1.65 bits per heavy atom. The third kappa shape index (κ3) is 3.83. The van der Waals surface area contributed by atoms with E-state index < -0.39 is 0 Å². The molecule has 0 atom stereocenters. The van der Waals surface area contributed by atoms with Crippen molar-refractivity contribution in [3.8, 4) is 5.75 Å². The summed E-state index contributed by atoms with van der Waals surface area (Å²) in [5.41, 5.74) is 6.21. The van der Waals surface area contributed by atoms with Crippen molar-refractivity contribution >= 4 is 27.8 Å². The predicted molar refractivity (Wildman–Crippen MR) is 134 cm³/mol. The number of aromatic nitrogens is 1. The Kier molecular flexibility index (Phi) is 5.49. The van der Waals surface area contributed by atoms with Crippen LogP contribution in [0.2, 0.25) is 0 Å². The average molecular weight is 451 g/mol. The highest BCUT2D eigenvalue weighted by molar-refractivity contribution is 6.41. The van der Waals surface area contributed by atoms with Crippen LogP contribution in [0.3, 0.4) is 0 Å². The summed E-state index contributed by atoms with van der Waals surface area (Å²) >= 11 is 0. The number of hydrogen-bond acceptors (Lipinski definition) is 4. The molecule has 2 aliphatic rings. The van der Waals surface area contributed by atoms with Gasteiger partial charge >= 0.3 is 0 Å². The van der Waals surface area contributed by atoms with E-state index in [2.05, 4.69) is 34.1 Å². The molecule has 3 aromatic carbocycles. The second-order valence-corrected chi connectivity index (χ2v) is 8.73. The lowest BCUT2D eigenvalue weighted by Crippen LogP contribution is -2.38. The van der Waals surface area contributed by atoms with Crippen LogP contribution >= 0.6 is 0 Å². The van der Waals surface area contributed by atoms with Gasteiger partial charge in [-0.1, -0.05) is 48.5 Å². The molecule has 1 fully saturated rings. The molecule has 4 aromatic rings. The zero-order valence-corrected chi connectivity index (χ0v) is 18.9. The first-order chi connectivity index (χ1) is 16.8. The Bertz CT molecular complexity index is 1350. The lowest BCUT2D eigenvalue weighted by Gasteiger charge is -2.26. The van der Waals surface area contributed by atoms with Gasteiger partial charge in [0.15, 0.2) is 5.78 Å². The summed E-state index contributed by atoms with van der Waals surface area (Å²) < 4.78 is 11.5. The van der Waals surface area contributed by atoms with Crippen molar-refractivity contribution in [1.82, 2.24) is 9.88 Å². The Morgan fingerprint density at radius 1 is 0.853 bits per heavy atom. The molecule has 34 heavy (non-hydrogen) atoms. The molecule has 6 rings (SSSR count). The van der Waals surface area contributed by atoms with Gasteiger partial charge in [0.05, 0.1) is 24.5 Å². The van der Waals surface area contributed by atoms with Crippen LogP contribution in [0.4, 0.5) is 0 Å². The van der Waals surface area contributed by atoms with Crippen molar-refractivity contribution in [3.05, 3.63) is 101 Å². The summed E-state index contributed by atoms with van der Waals surface area (Å²) in [6, 6.07) is 26.2. The van der Waals surface area contributed by atoms with E-state index in [1.165, 1.54) is 0 Å². The maximum absolute atomic E-state index is 13.8. The Labute approximate surface area is 198 Å². The van der Waals surface area contributed by atoms with E-state index >= 15 is 0 Å². The second kappa shape index (κ2) is 8.93. The number of nitrogens with one attached hydrogen (secondary N) is 1. The number of ketones is 1. The van der Waals surface area contributed by atoms with E-state index in [-0.39, 0.29) is 5.78 Å². The van der Waals surface area contributed by atoms with E-state index in [1.807, 2.05) is 54.6 Å². The Morgan fingerprint density at radius 3 is 2.47 bits per heavy atom. The maximum Gasteiger partial charge on any atom is 0.196 e. The van der Waals surface area contributed by atoms with Crippen molar-refractivity contribution in [2.45, 2.75) is 0 Å². The van der Waals surface area contributed by atoms with E-state index in [0.717, 1.165) is 71.9 Å². The summed E-state index contributed by atoms with van der Waals surface area (Å²) in [6.07, 6.45) is 0. The molecule has 5 heteroatoms. The number of allylic oxidation sites excluding steroid dienone is 1. The number of ether oxygens (including phenoxy) is 2. The number of morpholine rings is 1. The minimum Gasteiger partial charge on any atom is -0.492 e. The standard InChI is InChI=1S/C29H26N2O3/c32-29-24-19-22(34-17-14-31-12-15-33-16-13-31)10-11-23(24)27(20-6-2-1-3-7-20)28(29)26-18-21-8-4-5-9-25(21)30-26/h1-11,18-19,30H,12-17H2. The highest BCUT2D eigenvalue weighted by Crippen LogP contribution is 2.43. The fourth-order valence-electron chi connectivity index (χ4n) is 4.89. The van der Waals surface area contributed by atoms with Gasteiger partial charge in [-0.25, -0.2) is 0 Å². The molecular formula is C29H26N2O3. The molecule has 2 heterocycles. The molecule has 1 saturated heterocycles. The number of nitrogens with zero attached hydrogens (tertiary/aromatic N) is 1. The van der Waals surface area contributed by atoms with Crippen molar-refractivity contribution in [1.29, 1.82) is 0 Å². The van der Waals surface area contributed by atoms with E-state index in [9.17, 15) is 4.79 Å². The van der Waals surface area contributed by atoms with Gasteiger partial charge in [0.2, 0.25) is 0 Å². The first kappa shape index (κ1) is 20.9. The van der Waals surface area contributed by atoms with E-state index in [1.54, 1.807) is 0 Å². The molecule has 1 aliphatic carbocycles. The molecule has 0 unspecified atom stereocenters. The SMILES string of the molecule is O=C1C(c2cc3ccccc3[nH]2)=C(c2ccccc2)c2ccc(OCCN3CCOCC3)cc21. The summed E-state index contributed by atoms with van der Waals surface area (Å²) in [5, 5.41) is 1.09. The van der Waals surface area contributed by atoms with Crippen LogP contribution in [-0.2, 0) is 4.74 Å². The normalized spacial score (nSPS) is 16.3. The maximum atomic E-state index is 13.8. The largest absolute Gasteiger partial charge is 0.492 e. The van der Waals surface area contributed by atoms with Gasteiger partial charge in [0.1, 0.15) is 12.4 Å². The molecule has 0 amide bonds. The number of rotatable bonds is 6. The fraction of sp³-hybridized carbons (Fsp3) is 0.207. The van der Waals surface area contributed by atoms with Gasteiger partial charge in [-0.15, -0.1) is 0 Å². The van der Waals surface area contributed by atoms with Gasteiger partial charge in [-0.2, -0.15) is 0 Å². The first-order valence-electron chi connectivity index (χ1n) is 11.8. The molecule has 1 aromatic heterocycles. The van der Waals surface area contributed by atoms with Gasteiger partial charge in [0.25, 0.3) is 0 Å². The number of Topliss-reactive ketones (excluding diaryl/α,β-unsaturated/α-hetero) is 1. The van der Waals surface area contributed by atoms with Gasteiger partial charge in [-0.3, -0.25) is 9.69 Å². The number of carbonyl (C=O) groups excluding carboxylic acids is 1. The van der Waals surface area contributed by atoms with Crippen LogP contribution < -0.4 is 4.74 Å². The summed E-state index contributed by atoms with van der Waals surface area (Å²) in [4.78, 5) is 19.6. The third-order valence-electron chi connectivity index (χ3n) is 6.62. The van der Waals surface area contributed by atoms with Crippen molar-refractivity contribution in [2.24, 2.45) is 0 Å². The quantitative estimate of drug-likeness (QED) is 0.448. The van der Waals surface area contributed by atoms with E-state index in [0.29, 0.717) is 17.7 Å². The molecule has 0 spiro atoms. The highest BCUT2D eigenvalue weighted by atomic mass is 16.5. The van der Waals surface area contributed by atoms with E-state index in [4.69, 9.17) is 9.47 Å². The number of aromatic amines is 1. The van der Waals surface area contributed by atoms with Crippen molar-refractivity contribution in [2.75, 3.05) is 39.5 Å². The number of benzene rings is 3. The molecular weight excluding hydrogens is 424 g/mol. The molecule has 1 aliphatic heterocycles. The molecule has 0 saturated carbocycles. The van der Waals surface area contributed by atoms with Crippen LogP contribution in [-0.4, -0.2) is 55.1 Å². The minimum absolute atomic E-state index is 0.0269. The number of H-pyrrole nitrogens is 1. The molecule has 0 bridgehead atoms. The Hall–Kier alpha value is -3.67. The lowest BCUT2D eigenvalue weighted by molar-refractivity contribution is 0.0322. The van der Waals surface area contributed by atoms with Crippen LogP contribution in [0.1, 0.15) is 27.2 Å². The van der Waals surface area contributed by atoms with Crippen LogP contribution in [0, 0.1) is 0 Å². The van der Waals surface area contributed by atoms with Gasteiger partial charge < -0.3 is 14.5 Å². The Balaban J connectivity index is 1.34. The summed E-state index contributed by atoms with van der Waals surface area (Å²) in [7, 11) is 0. The third-order valence-corrected chi connectivity index (χ3v) is 6.62. The first-order valence-corrected chi connectivity index (χ1v) is 11.8. The highest BCUT2D eigenvalue weighted by Gasteiger charge is 2.32.